The molecule has 0 amide bonds. The minimum absolute atomic E-state index is 0.00778. The second-order valence-electron chi connectivity index (χ2n) is 5.09. The smallest absolute Gasteiger partial charge is 0.167 e. The van der Waals surface area contributed by atoms with Gasteiger partial charge in [-0.2, -0.15) is 0 Å². The van der Waals surface area contributed by atoms with Crippen LogP contribution in [0.1, 0.15) is 27.0 Å². The zero-order valence-electron chi connectivity index (χ0n) is 11.3. The van der Waals surface area contributed by atoms with Crippen molar-refractivity contribution < 1.29 is 13.9 Å². The summed E-state index contributed by atoms with van der Waals surface area (Å²) in [6, 6.07) is 10.1. The summed E-state index contributed by atoms with van der Waals surface area (Å²) in [4.78, 5) is 12.3. The number of halogens is 1. The van der Waals surface area contributed by atoms with Crippen LogP contribution < -0.4 is 4.74 Å². The van der Waals surface area contributed by atoms with Gasteiger partial charge in [0.15, 0.2) is 5.78 Å². The predicted molar refractivity (Wildman–Crippen MR) is 74.8 cm³/mol. The molecule has 2 aromatic rings. The lowest BCUT2D eigenvalue weighted by atomic mass is 9.98. The highest BCUT2D eigenvalue weighted by Crippen LogP contribution is 2.26. The van der Waals surface area contributed by atoms with E-state index in [-0.39, 0.29) is 18.0 Å². The summed E-state index contributed by atoms with van der Waals surface area (Å²) in [5.74, 6) is 0.567. The van der Waals surface area contributed by atoms with Crippen molar-refractivity contribution >= 4 is 5.78 Å². The lowest BCUT2D eigenvalue weighted by molar-refractivity contribution is 0.0992. The van der Waals surface area contributed by atoms with Crippen LogP contribution in [0.4, 0.5) is 4.39 Å². The molecule has 3 heteroatoms. The summed E-state index contributed by atoms with van der Waals surface area (Å²) in [6.07, 6.45) is 1.07. The Morgan fingerprint density at radius 3 is 2.95 bits per heavy atom. The van der Waals surface area contributed by atoms with E-state index in [2.05, 4.69) is 0 Å². The van der Waals surface area contributed by atoms with Crippen LogP contribution in [0.5, 0.6) is 5.75 Å². The fourth-order valence-electron chi connectivity index (χ4n) is 2.47. The van der Waals surface area contributed by atoms with Gasteiger partial charge in [-0.05, 0) is 53.9 Å². The molecule has 20 heavy (non-hydrogen) atoms. The molecule has 0 radical (unpaired) electrons. The maximum Gasteiger partial charge on any atom is 0.167 e. The Bertz CT molecular complexity index is 677. The first-order chi connectivity index (χ1) is 9.63. The minimum atomic E-state index is -0.305. The molecule has 102 valence electrons. The van der Waals surface area contributed by atoms with Gasteiger partial charge in [0.25, 0.3) is 0 Å². The molecule has 0 unspecified atom stereocenters. The molecule has 0 fully saturated rings. The van der Waals surface area contributed by atoms with Gasteiger partial charge in [-0.25, -0.2) is 4.39 Å². The van der Waals surface area contributed by atoms with Gasteiger partial charge in [-0.3, -0.25) is 4.79 Å². The van der Waals surface area contributed by atoms with Crippen molar-refractivity contribution in [2.75, 3.05) is 6.61 Å². The van der Waals surface area contributed by atoms with E-state index in [1.165, 1.54) is 12.1 Å². The Balaban J connectivity index is 1.84. The first-order valence-electron chi connectivity index (χ1n) is 6.67. The standard InChI is InChI=1S/C17H15FO2/c1-11-2-4-15(18)9-14(11)10-16(19)12-3-5-17-13(8-12)6-7-20-17/h2-5,8-9H,6-7,10H2,1H3. The number of aryl methyl sites for hydroxylation is 1. The largest absolute Gasteiger partial charge is 0.493 e. The summed E-state index contributed by atoms with van der Waals surface area (Å²) in [7, 11) is 0. The van der Waals surface area contributed by atoms with E-state index in [1.807, 2.05) is 19.1 Å². The molecule has 2 nitrogen and oxygen atoms in total. The van der Waals surface area contributed by atoms with Gasteiger partial charge in [0.2, 0.25) is 0 Å². The molecule has 0 aromatic heterocycles. The van der Waals surface area contributed by atoms with Gasteiger partial charge >= 0.3 is 0 Å². The fourth-order valence-corrected chi connectivity index (χ4v) is 2.47. The number of hydrogen-bond acceptors (Lipinski definition) is 2. The van der Waals surface area contributed by atoms with Gasteiger partial charge in [-0.1, -0.05) is 6.07 Å². The van der Waals surface area contributed by atoms with Crippen molar-refractivity contribution in [1.29, 1.82) is 0 Å². The summed E-state index contributed by atoms with van der Waals surface area (Å²) >= 11 is 0. The monoisotopic (exact) mass is 270 g/mol. The highest BCUT2D eigenvalue weighted by Gasteiger charge is 2.16. The van der Waals surface area contributed by atoms with E-state index in [1.54, 1.807) is 12.1 Å². The number of benzene rings is 2. The van der Waals surface area contributed by atoms with Crippen LogP contribution in [-0.2, 0) is 12.8 Å². The average molecular weight is 270 g/mol. The van der Waals surface area contributed by atoms with E-state index < -0.39 is 0 Å². The molecule has 0 saturated heterocycles. The molecule has 0 saturated carbocycles. The zero-order valence-corrected chi connectivity index (χ0v) is 11.3. The number of carbonyl (C=O) groups excluding carboxylic acids is 1. The van der Waals surface area contributed by atoms with E-state index in [0.29, 0.717) is 12.2 Å². The van der Waals surface area contributed by atoms with Crippen LogP contribution in [0.3, 0.4) is 0 Å². The Hall–Kier alpha value is -2.16. The second-order valence-corrected chi connectivity index (χ2v) is 5.09. The Morgan fingerprint density at radius 1 is 1.25 bits per heavy atom. The molecule has 0 aliphatic carbocycles. The van der Waals surface area contributed by atoms with E-state index in [0.717, 1.165) is 28.9 Å². The van der Waals surface area contributed by atoms with E-state index in [4.69, 9.17) is 4.74 Å². The minimum Gasteiger partial charge on any atom is -0.493 e. The third-order valence-electron chi connectivity index (χ3n) is 3.67. The summed E-state index contributed by atoms with van der Waals surface area (Å²) in [5, 5.41) is 0. The van der Waals surface area contributed by atoms with E-state index in [9.17, 15) is 9.18 Å². The normalized spacial score (nSPS) is 12.9. The summed E-state index contributed by atoms with van der Waals surface area (Å²) in [5.41, 5.74) is 3.42. The fraction of sp³-hybridized carbons (Fsp3) is 0.235. The number of Topliss-reactive ketones (excluding diaryl/α,β-unsaturated/α-hetero) is 1. The number of hydrogen-bond donors (Lipinski definition) is 0. The lowest BCUT2D eigenvalue weighted by Gasteiger charge is -2.07. The highest BCUT2D eigenvalue weighted by molar-refractivity contribution is 5.98. The van der Waals surface area contributed by atoms with Crippen molar-refractivity contribution in [2.45, 2.75) is 19.8 Å². The van der Waals surface area contributed by atoms with Crippen LogP contribution in [0.15, 0.2) is 36.4 Å². The first-order valence-corrected chi connectivity index (χ1v) is 6.67. The number of carbonyl (C=O) groups is 1. The maximum atomic E-state index is 13.3. The molecule has 2 aromatic carbocycles. The zero-order chi connectivity index (χ0) is 14.1. The van der Waals surface area contributed by atoms with Crippen molar-refractivity contribution in [2.24, 2.45) is 0 Å². The molecule has 0 N–H and O–H groups in total. The second kappa shape index (κ2) is 5.08. The van der Waals surface area contributed by atoms with Crippen LogP contribution in [0.25, 0.3) is 0 Å². The third-order valence-corrected chi connectivity index (χ3v) is 3.67. The maximum absolute atomic E-state index is 13.3. The number of ether oxygens (including phenoxy) is 1. The lowest BCUT2D eigenvalue weighted by Crippen LogP contribution is -2.05. The van der Waals surface area contributed by atoms with Gasteiger partial charge < -0.3 is 4.74 Å². The number of rotatable bonds is 3. The van der Waals surface area contributed by atoms with Crippen LogP contribution in [0, 0.1) is 12.7 Å². The molecule has 1 aliphatic heterocycles. The SMILES string of the molecule is Cc1ccc(F)cc1CC(=O)c1ccc2c(c1)CCO2. The van der Waals surface area contributed by atoms with Crippen molar-refractivity contribution in [3.63, 3.8) is 0 Å². The Morgan fingerprint density at radius 2 is 2.10 bits per heavy atom. The molecule has 3 rings (SSSR count). The molecular weight excluding hydrogens is 255 g/mol. The highest BCUT2D eigenvalue weighted by atomic mass is 19.1. The number of fused-ring (bicyclic) bond motifs is 1. The third kappa shape index (κ3) is 2.44. The quantitative estimate of drug-likeness (QED) is 0.798. The summed E-state index contributed by atoms with van der Waals surface area (Å²) in [6.45, 7) is 2.56. The predicted octanol–water partition coefficient (Wildman–Crippen LogP) is 3.49. The average Bonchev–Trinajstić information content (AvgIpc) is 2.90. The Kier molecular flexibility index (Phi) is 3.26. The summed E-state index contributed by atoms with van der Waals surface area (Å²) < 4.78 is 18.7. The van der Waals surface area contributed by atoms with Gasteiger partial charge in [0.05, 0.1) is 6.61 Å². The van der Waals surface area contributed by atoms with Crippen LogP contribution in [0.2, 0.25) is 0 Å². The molecule has 1 aliphatic rings. The van der Waals surface area contributed by atoms with Crippen molar-refractivity contribution in [3.05, 3.63) is 64.5 Å². The molecule has 0 atom stereocenters. The molecule has 1 heterocycles. The topological polar surface area (TPSA) is 26.3 Å². The van der Waals surface area contributed by atoms with Crippen LogP contribution >= 0.6 is 0 Å². The van der Waals surface area contributed by atoms with Crippen LogP contribution in [-0.4, -0.2) is 12.4 Å². The molecule has 0 spiro atoms. The van der Waals surface area contributed by atoms with E-state index >= 15 is 0 Å². The van der Waals surface area contributed by atoms with Crippen molar-refractivity contribution in [1.82, 2.24) is 0 Å². The first kappa shape index (κ1) is 12.9. The number of ketones is 1. The van der Waals surface area contributed by atoms with Gasteiger partial charge in [-0.15, -0.1) is 0 Å². The van der Waals surface area contributed by atoms with Crippen molar-refractivity contribution in [3.8, 4) is 5.75 Å². The van der Waals surface area contributed by atoms with Gasteiger partial charge in [0.1, 0.15) is 11.6 Å². The Labute approximate surface area is 117 Å². The molecular formula is C17H15FO2. The van der Waals surface area contributed by atoms with Gasteiger partial charge in [0, 0.05) is 18.4 Å². The molecule has 0 bridgehead atoms.